The second-order valence-corrected chi connectivity index (χ2v) is 7.51. The van der Waals surface area contributed by atoms with Crippen molar-refractivity contribution >= 4 is 28.4 Å². The van der Waals surface area contributed by atoms with Crippen LogP contribution in [0.1, 0.15) is 25.3 Å². The standard InChI is InChI=1S/C23H25FN4O2/c1-3-30-23-21(25-19-8-4-5-9-20(19)27-23)28-12-6-7-16(14-28)22(29)26-18-11-10-17(24)13-15(18)2/h4-5,8-11,13,16H,3,6-7,12,14H2,1-2H3,(H,26,29)/t16-/m0/s1. The number of aryl methyl sites for hydroxylation is 1. The molecule has 1 amide bonds. The van der Waals surface area contributed by atoms with Gasteiger partial charge < -0.3 is 15.0 Å². The molecule has 2 heterocycles. The van der Waals surface area contributed by atoms with Gasteiger partial charge in [-0.2, -0.15) is 0 Å². The molecule has 7 heteroatoms. The predicted octanol–water partition coefficient (Wildman–Crippen LogP) is 4.33. The summed E-state index contributed by atoms with van der Waals surface area (Å²) in [4.78, 5) is 24.4. The minimum atomic E-state index is -0.312. The lowest BCUT2D eigenvalue weighted by Gasteiger charge is -2.33. The van der Waals surface area contributed by atoms with Crippen LogP contribution in [0.25, 0.3) is 11.0 Å². The molecule has 1 saturated heterocycles. The highest BCUT2D eigenvalue weighted by Crippen LogP contribution is 2.31. The van der Waals surface area contributed by atoms with Crippen molar-refractivity contribution in [1.29, 1.82) is 0 Å². The van der Waals surface area contributed by atoms with Crippen molar-refractivity contribution in [2.45, 2.75) is 26.7 Å². The molecule has 0 saturated carbocycles. The molecular weight excluding hydrogens is 383 g/mol. The highest BCUT2D eigenvalue weighted by atomic mass is 19.1. The molecule has 4 rings (SSSR count). The van der Waals surface area contributed by atoms with Crippen LogP contribution in [0.15, 0.2) is 42.5 Å². The van der Waals surface area contributed by atoms with Crippen molar-refractivity contribution in [3.63, 3.8) is 0 Å². The number of hydrogen-bond donors (Lipinski definition) is 1. The second kappa shape index (κ2) is 8.65. The fourth-order valence-electron chi connectivity index (χ4n) is 3.80. The minimum Gasteiger partial charge on any atom is -0.475 e. The van der Waals surface area contributed by atoms with Crippen LogP contribution in [0.5, 0.6) is 5.88 Å². The number of ether oxygens (including phenoxy) is 1. The molecule has 1 atom stereocenters. The van der Waals surface area contributed by atoms with E-state index in [0.717, 1.165) is 30.4 Å². The highest BCUT2D eigenvalue weighted by Gasteiger charge is 2.29. The summed E-state index contributed by atoms with van der Waals surface area (Å²) < 4.78 is 19.1. The minimum absolute atomic E-state index is 0.0684. The van der Waals surface area contributed by atoms with E-state index in [2.05, 4.69) is 15.2 Å². The van der Waals surface area contributed by atoms with E-state index in [1.54, 1.807) is 13.0 Å². The zero-order valence-electron chi connectivity index (χ0n) is 17.2. The molecule has 30 heavy (non-hydrogen) atoms. The Morgan fingerprint density at radius 3 is 2.73 bits per heavy atom. The average molecular weight is 408 g/mol. The number of carbonyl (C=O) groups is 1. The number of para-hydroxylation sites is 2. The van der Waals surface area contributed by atoms with E-state index in [1.165, 1.54) is 12.1 Å². The molecule has 0 unspecified atom stereocenters. The molecule has 1 aliphatic heterocycles. The van der Waals surface area contributed by atoms with Gasteiger partial charge >= 0.3 is 0 Å². The van der Waals surface area contributed by atoms with Crippen LogP contribution < -0.4 is 15.0 Å². The summed E-state index contributed by atoms with van der Waals surface area (Å²) in [5.74, 6) is 0.581. The van der Waals surface area contributed by atoms with Gasteiger partial charge in [-0.3, -0.25) is 4.79 Å². The van der Waals surface area contributed by atoms with Crippen LogP contribution in [0.3, 0.4) is 0 Å². The molecule has 2 aromatic carbocycles. The number of piperidine rings is 1. The Morgan fingerprint density at radius 2 is 2.00 bits per heavy atom. The number of benzene rings is 2. The Bertz CT molecular complexity index is 1070. The van der Waals surface area contributed by atoms with E-state index in [4.69, 9.17) is 9.72 Å². The summed E-state index contributed by atoms with van der Waals surface area (Å²) in [6.07, 6.45) is 1.65. The Kier molecular flexibility index (Phi) is 5.79. The SMILES string of the molecule is CCOc1nc2ccccc2nc1N1CCC[C@H](C(=O)Nc2ccc(F)cc2C)C1. The molecule has 1 N–H and O–H groups in total. The van der Waals surface area contributed by atoms with E-state index < -0.39 is 0 Å². The van der Waals surface area contributed by atoms with E-state index in [0.29, 0.717) is 36.1 Å². The highest BCUT2D eigenvalue weighted by molar-refractivity contribution is 5.93. The third kappa shape index (κ3) is 4.20. The second-order valence-electron chi connectivity index (χ2n) is 7.51. The van der Waals surface area contributed by atoms with Crippen LogP contribution in [-0.2, 0) is 4.79 Å². The first-order valence-corrected chi connectivity index (χ1v) is 10.3. The van der Waals surface area contributed by atoms with Crippen molar-refractivity contribution in [2.75, 3.05) is 29.9 Å². The quantitative estimate of drug-likeness (QED) is 0.681. The number of nitrogens with one attached hydrogen (secondary N) is 1. The normalized spacial score (nSPS) is 16.5. The number of amides is 1. The number of anilines is 2. The Balaban J connectivity index is 1.56. The maximum atomic E-state index is 13.3. The van der Waals surface area contributed by atoms with Crippen LogP contribution >= 0.6 is 0 Å². The molecule has 1 fully saturated rings. The van der Waals surface area contributed by atoms with Gasteiger partial charge in [0.2, 0.25) is 5.91 Å². The number of aromatic nitrogens is 2. The topological polar surface area (TPSA) is 67.4 Å². The third-order valence-corrected chi connectivity index (χ3v) is 5.34. The van der Waals surface area contributed by atoms with E-state index >= 15 is 0 Å². The van der Waals surface area contributed by atoms with Crippen molar-refractivity contribution < 1.29 is 13.9 Å². The third-order valence-electron chi connectivity index (χ3n) is 5.34. The van der Waals surface area contributed by atoms with Gasteiger partial charge in [0, 0.05) is 18.8 Å². The van der Waals surface area contributed by atoms with Crippen LogP contribution in [0.2, 0.25) is 0 Å². The number of hydrogen-bond acceptors (Lipinski definition) is 5. The molecular formula is C23H25FN4O2. The van der Waals surface area contributed by atoms with Crippen LogP contribution in [0, 0.1) is 18.7 Å². The molecule has 1 aliphatic rings. The molecule has 1 aromatic heterocycles. The summed E-state index contributed by atoms with van der Waals surface area (Å²) in [6.45, 7) is 5.50. The summed E-state index contributed by atoms with van der Waals surface area (Å²) in [6, 6.07) is 12.1. The van der Waals surface area contributed by atoms with Gasteiger partial charge in [0.25, 0.3) is 5.88 Å². The molecule has 3 aromatic rings. The van der Waals surface area contributed by atoms with E-state index in [1.807, 2.05) is 31.2 Å². The van der Waals surface area contributed by atoms with Crippen molar-refractivity contribution in [1.82, 2.24) is 9.97 Å². The summed E-state index contributed by atoms with van der Waals surface area (Å²) in [5.41, 5.74) is 2.92. The van der Waals surface area contributed by atoms with Gasteiger partial charge in [0.05, 0.1) is 23.6 Å². The first-order valence-electron chi connectivity index (χ1n) is 10.3. The van der Waals surface area contributed by atoms with E-state index in [-0.39, 0.29) is 17.6 Å². The number of rotatable bonds is 5. The Morgan fingerprint density at radius 1 is 1.23 bits per heavy atom. The molecule has 6 nitrogen and oxygen atoms in total. The van der Waals surface area contributed by atoms with Gasteiger partial charge in [0.1, 0.15) is 5.82 Å². The molecule has 0 aliphatic carbocycles. The Hall–Kier alpha value is -3.22. The smallest absolute Gasteiger partial charge is 0.258 e. The maximum Gasteiger partial charge on any atom is 0.258 e. The fraction of sp³-hybridized carbons (Fsp3) is 0.348. The largest absolute Gasteiger partial charge is 0.475 e. The van der Waals surface area contributed by atoms with E-state index in [9.17, 15) is 9.18 Å². The predicted molar refractivity (Wildman–Crippen MR) is 115 cm³/mol. The first kappa shape index (κ1) is 20.1. The maximum absolute atomic E-state index is 13.3. The Labute approximate surface area is 175 Å². The molecule has 156 valence electrons. The summed E-state index contributed by atoms with van der Waals surface area (Å²) in [7, 11) is 0. The average Bonchev–Trinajstić information content (AvgIpc) is 2.75. The lowest BCUT2D eigenvalue weighted by atomic mass is 9.97. The fourth-order valence-corrected chi connectivity index (χ4v) is 3.80. The zero-order valence-corrected chi connectivity index (χ0v) is 17.2. The number of halogens is 1. The van der Waals surface area contributed by atoms with Crippen molar-refractivity contribution in [3.8, 4) is 5.88 Å². The van der Waals surface area contributed by atoms with Gasteiger partial charge in [0.15, 0.2) is 5.82 Å². The monoisotopic (exact) mass is 408 g/mol. The van der Waals surface area contributed by atoms with Gasteiger partial charge in [-0.25, -0.2) is 14.4 Å². The van der Waals surface area contributed by atoms with Gasteiger partial charge in [-0.15, -0.1) is 0 Å². The summed E-state index contributed by atoms with van der Waals surface area (Å²) >= 11 is 0. The van der Waals surface area contributed by atoms with Crippen molar-refractivity contribution in [2.24, 2.45) is 5.92 Å². The number of carbonyl (C=O) groups excluding carboxylic acids is 1. The van der Waals surface area contributed by atoms with Crippen LogP contribution in [0.4, 0.5) is 15.9 Å². The van der Waals surface area contributed by atoms with Gasteiger partial charge in [-0.1, -0.05) is 12.1 Å². The molecule has 0 bridgehead atoms. The van der Waals surface area contributed by atoms with Crippen molar-refractivity contribution in [3.05, 3.63) is 53.8 Å². The lowest BCUT2D eigenvalue weighted by molar-refractivity contribution is -0.120. The lowest BCUT2D eigenvalue weighted by Crippen LogP contribution is -2.41. The zero-order chi connectivity index (χ0) is 21.1. The summed E-state index contributed by atoms with van der Waals surface area (Å²) in [5, 5.41) is 2.95. The molecule has 0 spiro atoms. The first-order chi connectivity index (χ1) is 14.5. The molecule has 0 radical (unpaired) electrons. The number of fused-ring (bicyclic) bond motifs is 1. The van der Waals surface area contributed by atoms with Crippen LogP contribution in [-0.4, -0.2) is 35.6 Å². The number of nitrogens with zero attached hydrogens (tertiary/aromatic N) is 3. The van der Waals surface area contributed by atoms with Gasteiger partial charge in [-0.05, 0) is 62.6 Å².